The quantitative estimate of drug-likeness (QED) is 0.646. The normalized spacial score (nSPS) is 11.8. The smallest absolute Gasteiger partial charge is 0.295 e. The van der Waals surface area contributed by atoms with Crippen LogP contribution in [-0.2, 0) is 17.3 Å². The Morgan fingerprint density at radius 1 is 1.30 bits per heavy atom. The number of ether oxygens (including phenoxy) is 1. The average molecular weight is 338 g/mol. The van der Waals surface area contributed by atoms with E-state index in [1.165, 1.54) is 13.2 Å². The molecule has 2 rings (SSSR count). The molecule has 0 bridgehead atoms. The molecule has 122 valence electrons. The topological polar surface area (TPSA) is 81.5 Å². The number of anilines is 1. The van der Waals surface area contributed by atoms with Crippen molar-refractivity contribution in [1.82, 2.24) is 0 Å². The maximum Gasteiger partial charge on any atom is 0.295 e. The van der Waals surface area contributed by atoms with Crippen molar-refractivity contribution in [3.63, 3.8) is 0 Å². The van der Waals surface area contributed by atoms with Gasteiger partial charge in [-0.25, -0.2) is 4.39 Å². The van der Waals surface area contributed by atoms with Gasteiger partial charge in [-0.05, 0) is 17.7 Å². The Hall–Kier alpha value is -2.48. The second-order valence-electron chi connectivity index (χ2n) is 4.71. The fourth-order valence-corrected chi connectivity index (χ4v) is 2.51. The summed E-state index contributed by atoms with van der Waals surface area (Å²) in [6.45, 7) is 0.298. The average Bonchev–Trinajstić information content (AvgIpc) is 2.53. The fraction of sp³-hybridized carbons (Fsp3) is 0.200. The first-order valence-corrected chi connectivity index (χ1v) is 8.16. The molecule has 1 atom stereocenters. The molecule has 0 radical (unpaired) electrons. The third-order valence-electron chi connectivity index (χ3n) is 3.21. The van der Waals surface area contributed by atoms with E-state index in [-0.39, 0.29) is 17.1 Å². The van der Waals surface area contributed by atoms with E-state index in [0.717, 1.165) is 11.6 Å². The van der Waals surface area contributed by atoms with Crippen molar-refractivity contribution in [3.8, 4) is 5.75 Å². The van der Waals surface area contributed by atoms with Crippen molar-refractivity contribution in [3.05, 3.63) is 57.9 Å². The number of hydrogen-bond donors (Lipinski definition) is 1. The van der Waals surface area contributed by atoms with E-state index in [2.05, 4.69) is 5.32 Å². The summed E-state index contributed by atoms with van der Waals surface area (Å²) < 4.78 is 29.8. The number of benzene rings is 2. The Kier molecular flexibility index (Phi) is 5.28. The maximum atomic E-state index is 13.6. The van der Waals surface area contributed by atoms with Gasteiger partial charge < -0.3 is 10.1 Å². The molecule has 1 N–H and O–H groups in total. The van der Waals surface area contributed by atoms with Gasteiger partial charge in [0.25, 0.3) is 5.69 Å². The van der Waals surface area contributed by atoms with E-state index in [1.807, 2.05) is 0 Å². The number of nitrogens with one attached hydrogen (secondary N) is 1. The highest BCUT2D eigenvalue weighted by molar-refractivity contribution is 7.84. The van der Waals surface area contributed by atoms with Gasteiger partial charge >= 0.3 is 0 Å². The number of rotatable bonds is 6. The van der Waals surface area contributed by atoms with Gasteiger partial charge in [0.2, 0.25) is 0 Å². The summed E-state index contributed by atoms with van der Waals surface area (Å²) in [6.07, 6.45) is 1.58. The van der Waals surface area contributed by atoms with E-state index in [1.54, 1.807) is 30.5 Å². The first-order chi connectivity index (χ1) is 10.9. The number of halogens is 1. The van der Waals surface area contributed by atoms with Crippen molar-refractivity contribution in [2.24, 2.45) is 0 Å². The van der Waals surface area contributed by atoms with E-state index < -0.39 is 21.5 Å². The highest BCUT2D eigenvalue weighted by Gasteiger charge is 2.18. The molecule has 0 spiro atoms. The first kappa shape index (κ1) is 16.9. The van der Waals surface area contributed by atoms with Crippen molar-refractivity contribution in [2.45, 2.75) is 11.4 Å². The van der Waals surface area contributed by atoms with Crippen LogP contribution in [0.5, 0.6) is 5.75 Å². The summed E-state index contributed by atoms with van der Waals surface area (Å²) in [5.74, 6) is -0.866. The monoisotopic (exact) mass is 338 g/mol. The second kappa shape index (κ2) is 7.19. The van der Waals surface area contributed by atoms with E-state index in [0.29, 0.717) is 11.4 Å². The minimum absolute atomic E-state index is 0.0742. The molecule has 2 aromatic rings. The van der Waals surface area contributed by atoms with Crippen LogP contribution in [0.4, 0.5) is 15.8 Å². The zero-order chi connectivity index (χ0) is 17.0. The molecule has 0 saturated carbocycles. The Bertz CT molecular complexity index is 750. The molecule has 0 aliphatic carbocycles. The number of hydrogen-bond acceptors (Lipinski definition) is 5. The first-order valence-electron chi connectivity index (χ1n) is 6.60. The van der Waals surface area contributed by atoms with E-state index in [4.69, 9.17) is 4.74 Å². The molecule has 0 aliphatic rings. The van der Waals surface area contributed by atoms with Crippen LogP contribution >= 0.6 is 0 Å². The van der Waals surface area contributed by atoms with Crippen LogP contribution in [0.1, 0.15) is 5.56 Å². The largest absolute Gasteiger partial charge is 0.494 e. The predicted octanol–water partition coefficient (Wildman–Crippen LogP) is 3.09. The molecule has 0 aromatic heterocycles. The molecule has 0 aliphatic heterocycles. The summed E-state index contributed by atoms with van der Waals surface area (Å²) in [6, 6.07) is 9.08. The van der Waals surface area contributed by atoms with Crippen LogP contribution in [0.25, 0.3) is 0 Å². The molecular weight excluding hydrogens is 323 g/mol. The Morgan fingerprint density at radius 3 is 2.48 bits per heavy atom. The number of methoxy groups -OCH3 is 1. The lowest BCUT2D eigenvalue weighted by molar-refractivity contribution is -0.384. The van der Waals surface area contributed by atoms with Crippen LogP contribution in [0.15, 0.2) is 41.3 Å². The van der Waals surface area contributed by atoms with Gasteiger partial charge in [0.05, 0.1) is 18.1 Å². The molecule has 8 heteroatoms. The summed E-state index contributed by atoms with van der Waals surface area (Å²) in [7, 11) is 0.227. The van der Waals surface area contributed by atoms with Gasteiger partial charge in [-0.3, -0.25) is 14.3 Å². The standard InChI is InChI=1S/C15H15FN2O4S/c1-22-15-8-13(14(18(19)20)7-12(15)16)17-9-10-3-5-11(6-4-10)23(2)21/h3-8,17H,9H2,1-2H3/t23-/m1/s1. The van der Waals surface area contributed by atoms with Crippen LogP contribution in [-0.4, -0.2) is 22.5 Å². The van der Waals surface area contributed by atoms with Crippen molar-refractivity contribution < 1.29 is 18.3 Å². The summed E-state index contributed by atoms with van der Waals surface area (Å²) in [5.41, 5.74) is 0.641. The lowest BCUT2D eigenvalue weighted by atomic mass is 10.2. The van der Waals surface area contributed by atoms with E-state index >= 15 is 0 Å². The molecule has 0 amide bonds. The van der Waals surface area contributed by atoms with Crippen molar-refractivity contribution >= 4 is 22.2 Å². The molecule has 0 unspecified atom stereocenters. The Balaban J connectivity index is 2.22. The molecule has 0 heterocycles. The molecule has 0 fully saturated rings. The summed E-state index contributed by atoms with van der Waals surface area (Å²) in [4.78, 5) is 11.1. The predicted molar refractivity (Wildman–Crippen MR) is 85.7 cm³/mol. The van der Waals surface area contributed by atoms with Crippen LogP contribution in [0.3, 0.4) is 0 Å². The van der Waals surface area contributed by atoms with Gasteiger partial charge in [0.15, 0.2) is 11.6 Å². The summed E-state index contributed by atoms with van der Waals surface area (Å²) in [5, 5.41) is 13.9. The molecule has 0 saturated heterocycles. The van der Waals surface area contributed by atoms with Gasteiger partial charge in [-0.2, -0.15) is 0 Å². The molecule has 6 nitrogen and oxygen atoms in total. The SMILES string of the molecule is COc1cc(NCc2ccc([S@@](C)=O)cc2)c([N+](=O)[O-])cc1F. The molecular formula is C15H15FN2O4S. The second-order valence-corrected chi connectivity index (χ2v) is 6.09. The van der Waals surface area contributed by atoms with Gasteiger partial charge in [0, 0.05) is 34.6 Å². The van der Waals surface area contributed by atoms with Crippen LogP contribution in [0, 0.1) is 15.9 Å². The summed E-state index contributed by atoms with van der Waals surface area (Å²) >= 11 is 0. The minimum atomic E-state index is -1.06. The van der Waals surface area contributed by atoms with Gasteiger partial charge in [-0.1, -0.05) is 12.1 Å². The Labute approximate surface area is 134 Å². The van der Waals surface area contributed by atoms with Gasteiger partial charge in [0.1, 0.15) is 5.69 Å². The molecule has 23 heavy (non-hydrogen) atoms. The lowest BCUT2D eigenvalue weighted by Gasteiger charge is -2.10. The highest BCUT2D eigenvalue weighted by Crippen LogP contribution is 2.32. The number of nitro benzene ring substituents is 1. The van der Waals surface area contributed by atoms with Crippen LogP contribution < -0.4 is 10.1 Å². The minimum Gasteiger partial charge on any atom is -0.494 e. The third kappa shape index (κ3) is 4.04. The third-order valence-corrected chi connectivity index (χ3v) is 4.14. The van der Waals surface area contributed by atoms with E-state index in [9.17, 15) is 18.7 Å². The van der Waals surface area contributed by atoms with Crippen molar-refractivity contribution in [2.75, 3.05) is 18.7 Å². The van der Waals surface area contributed by atoms with Crippen LogP contribution in [0.2, 0.25) is 0 Å². The fourth-order valence-electron chi connectivity index (χ4n) is 1.99. The zero-order valence-electron chi connectivity index (χ0n) is 12.5. The number of nitro groups is 1. The van der Waals surface area contributed by atoms with Gasteiger partial charge in [-0.15, -0.1) is 0 Å². The maximum absolute atomic E-state index is 13.6. The zero-order valence-corrected chi connectivity index (χ0v) is 13.4. The van der Waals surface area contributed by atoms with Crippen molar-refractivity contribution in [1.29, 1.82) is 0 Å². The lowest BCUT2D eigenvalue weighted by Crippen LogP contribution is -2.04. The highest BCUT2D eigenvalue weighted by atomic mass is 32.2. The molecule has 2 aromatic carbocycles. The Morgan fingerprint density at radius 2 is 1.96 bits per heavy atom. The number of nitrogens with zero attached hydrogens (tertiary/aromatic N) is 1.